The Labute approximate surface area is 175 Å². The molecule has 0 unspecified atom stereocenters. The number of anilines is 1. The van der Waals surface area contributed by atoms with E-state index in [0.717, 1.165) is 40.2 Å². The lowest BCUT2D eigenvalue weighted by molar-refractivity contribution is -0.115. The average Bonchev–Trinajstić information content (AvgIpc) is 2.69. The van der Waals surface area contributed by atoms with Crippen LogP contribution in [0.2, 0.25) is 0 Å². The van der Waals surface area contributed by atoms with Crippen molar-refractivity contribution in [2.75, 3.05) is 5.32 Å². The van der Waals surface area contributed by atoms with Crippen molar-refractivity contribution in [2.45, 2.75) is 39.5 Å². The van der Waals surface area contributed by atoms with Gasteiger partial charge in [0.1, 0.15) is 11.5 Å². The Morgan fingerprint density at radius 1 is 1.03 bits per heavy atom. The number of aromatic hydroxyl groups is 2. The molecule has 0 aliphatic heterocycles. The molecule has 4 rings (SSSR count). The SMILES string of the molecule is CC(C)Cc1nc2c(nc1NC(=O)Cc1ccc(O)cc1)CCc1cc(O)ccc1-2. The van der Waals surface area contributed by atoms with Gasteiger partial charge >= 0.3 is 0 Å². The van der Waals surface area contributed by atoms with Crippen LogP contribution in [-0.4, -0.2) is 26.1 Å². The molecule has 1 aromatic heterocycles. The van der Waals surface area contributed by atoms with Crippen LogP contribution in [0.3, 0.4) is 0 Å². The largest absolute Gasteiger partial charge is 0.508 e. The average molecular weight is 403 g/mol. The van der Waals surface area contributed by atoms with Crippen molar-refractivity contribution in [3.8, 4) is 22.8 Å². The number of carbonyl (C=O) groups excluding carboxylic acids is 1. The number of amides is 1. The Kier molecular flexibility index (Phi) is 5.40. The minimum Gasteiger partial charge on any atom is -0.508 e. The second-order valence-corrected chi connectivity index (χ2v) is 8.15. The summed E-state index contributed by atoms with van der Waals surface area (Å²) >= 11 is 0. The van der Waals surface area contributed by atoms with Crippen molar-refractivity contribution in [3.63, 3.8) is 0 Å². The van der Waals surface area contributed by atoms with Crippen molar-refractivity contribution < 1.29 is 15.0 Å². The van der Waals surface area contributed by atoms with Crippen LogP contribution in [0, 0.1) is 5.92 Å². The van der Waals surface area contributed by atoms with Gasteiger partial charge in [0.2, 0.25) is 5.91 Å². The molecule has 3 aromatic rings. The molecular weight excluding hydrogens is 378 g/mol. The number of phenols is 2. The second kappa shape index (κ2) is 8.14. The van der Waals surface area contributed by atoms with E-state index in [0.29, 0.717) is 24.6 Å². The topological polar surface area (TPSA) is 95.3 Å². The highest BCUT2D eigenvalue weighted by Crippen LogP contribution is 2.35. The summed E-state index contributed by atoms with van der Waals surface area (Å²) in [6.45, 7) is 4.21. The first kappa shape index (κ1) is 19.9. The lowest BCUT2D eigenvalue weighted by Crippen LogP contribution is -2.20. The van der Waals surface area contributed by atoms with Crippen molar-refractivity contribution in [2.24, 2.45) is 5.92 Å². The normalized spacial score (nSPS) is 12.4. The van der Waals surface area contributed by atoms with Gasteiger partial charge in [0, 0.05) is 5.56 Å². The van der Waals surface area contributed by atoms with Crippen LogP contribution >= 0.6 is 0 Å². The van der Waals surface area contributed by atoms with Gasteiger partial charge < -0.3 is 15.5 Å². The lowest BCUT2D eigenvalue weighted by Gasteiger charge is -2.21. The van der Waals surface area contributed by atoms with Gasteiger partial charge in [-0.1, -0.05) is 26.0 Å². The smallest absolute Gasteiger partial charge is 0.229 e. The van der Waals surface area contributed by atoms with Crippen molar-refractivity contribution >= 4 is 11.7 Å². The summed E-state index contributed by atoms with van der Waals surface area (Å²) in [6, 6.07) is 11.9. The number of aryl methyl sites for hydroxylation is 2. The van der Waals surface area contributed by atoms with E-state index in [1.54, 1.807) is 36.4 Å². The summed E-state index contributed by atoms with van der Waals surface area (Å²) in [6.07, 6.45) is 2.38. The zero-order chi connectivity index (χ0) is 21.3. The maximum atomic E-state index is 12.6. The molecule has 3 N–H and O–H groups in total. The Morgan fingerprint density at radius 3 is 2.50 bits per heavy atom. The summed E-state index contributed by atoms with van der Waals surface area (Å²) in [7, 11) is 0. The maximum Gasteiger partial charge on any atom is 0.229 e. The van der Waals surface area contributed by atoms with E-state index in [2.05, 4.69) is 19.2 Å². The third kappa shape index (κ3) is 4.27. The Bertz CT molecular complexity index is 1090. The predicted octanol–water partition coefficient (Wildman–Crippen LogP) is 4.03. The van der Waals surface area contributed by atoms with Gasteiger partial charge in [-0.25, -0.2) is 9.97 Å². The second-order valence-electron chi connectivity index (χ2n) is 8.15. The molecule has 1 aliphatic rings. The summed E-state index contributed by atoms with van der Waals surface area (Å²) in [5, 5.41) is 22.2. The van der Waals surface area contributed by atoms with E-state index in [9.17, 15) is 15.0 Å². The minimum atomic E-state index is -0.166. The minimum absolute atomic E-state index is 0.166. The third-order valence-corrected chi connectivity index (χ3v) is 5.18. The van der Waals surface area contributed by atoms with Crippen LogP contribution in [0.4, 0.5) is 5.82 Å². The fourth-order valence-corrected chi connectivity index (χ4v) is 3.77. The molecule has 0 spiro atoms. The molecule has 30 heavy (non-hydrogen) atoms. The molecule has 0 fully saturated rings. The molecular formula is C24H25N3O3. The Balaban J connectivity index is 1.65. The van der Waals surface area contributed by atoms with Crippen LogP contribution in [0.15, 0.2) is 42.5 Å². The zero-order valence-corrected chi connectivity index (χ0v) is 17.1. The van der Waals surface area contributed by atoms with E-state index in [1.165, 1.54) is 0 Å². The number of hydrogen-bond donors (Lipinski definition) is 3. The van der Waals surface area contributed by atoms with Gasteiger partial charge in [-0.15, -0.1) is 0 Å². The standard InChI is InChI=1S/C24H25N3O3/c1-14(2)11-21-24(27-22(30)12-15-3-6-17(28)7-4-15)26-20-10-5-16-13-18(29)8-9-19(16)23(20)25-21/h3-4,6-9,13-14,28-29H,5,10-12H2,1-2H3,(H,26,27,30). The van der Waals surface area contributed by atoms with Gasteiger partial charge in [-0.2, -0.15) is 0 Å². The summed E-state index contributed by atoms with van der Waals surface area (Å²) in [4.78, 5) is 22.3. The first-order valence-electron chi connectivity index (χ1n) is 10.2. The molecule has 154 valence electrons. The van der Waals surface area contributed by atoms with E-state index in [4.69, 9.17) is 9.97 Å². The fraction of sp³-hybridized carbons (Fsp3) is 0.292. The quantitative estimate of drug-likeness (QED) is 0.598. The maximum absolute atomic E-state index is 12.6. The highest BCUT2D eigenvalue weighted by Gasteiger charge is 2.23. The van der Waals surface area contributed by atoms with Gasteiger partial charge in [-0.3, -0.25) is 4.79 Å². The van der Waals surface area contributed by atoms with Crippen molar-refractivity contribution in [1.29, 1.82) is 0 Å². The van der Waals surface area contributed by atoms with Gasteiger partial charge in [-0.05, 0) is 66.6 Å². The third-order valence-electron chi connectivity index (χ3n) is 5.18. The van der Waals surface area contributed by atoms with Crippen molar-refractivity contribution in [3.05, 3.63) is 65.0 Å². The molecule has 6 nitrogen and oxygen atoms in total. The van der Waals surface area contributed by atoms with Gasteiger partial charge in [0.25, 0.3) is 0 Å². The predicted molar refractivity (Wildman–Crippen MR) is 116 cm³/mol. The number of rotatable bonds is 5. The monoisotopic (exact) mass is 403 g/mol. The van der Waals surface area contributed by atoms with Crippen molar-refractivity contribution in [1.82, 2.24) is 9.97 Å². The number of benzene rings is 2. The Morgan fingerprint density at radius 2 is 1.77 bits per heavy atom. The van der Waals surface area contributed by atoms with Crippen LogP contribution in [0.1, 0.15) is 36.4 Å². The molecule has 2 aromatic carbocycles. The highest BCUT2D eigenvalue weighted by molar-refractivity contribution is 5.92. The first-order valence-corrected chi connectivity index (χ1v) is 10.2. The molecule has 1 amide bonds. The number of aromatic nitrogens is 2. The summed E-state index contributed by atoms with van der Waals surface area (Å²) < 4.78 is 0. The summed E-state index contributed by atoms with van der Waals surface area (Å²) in [5.74, 6) is 1.14. The van der Waals surface area contributed by atoms with Crippen LogP contribution in [-0.2, 0) is 30.5 Å². The van der Waals surface area contributed by atoms with Crippen LogP contribution in [0.5, 0.6) is 11.5 Å². The van der Waals surface area contributed by atoms with Crippen LogP contribution < -0.4 is 5.32 Å². The zero-order valence-electron chi connectivity index (χ0n) is 17.1. The first-order chi connectivity index (χ1) is 14.4. The van der Waals surface area contributed by atoms with E-state index in [1.807, 2.05) is 6.07 Å². The number of phenolic OH excluding ortho intramolecular Hbond substituents is 2. The molecule has 0 saturated carbocycles. The number of nitrogens with zero attached hydrogens (tertiary/aromatic N) is 2. The number of nitrogens with one attached hydrogen (secondary N) is 1. The van der Waals surface area contributed by atoms with E-state index < -0.39 is 0 Å². The fourth-order valence-electron chi connectivity index (χ4n) is 3.77. The highest BCUT2D eigenvalue weighted by atomic mass is 16.3. The molecule has 0 atom stereocenters. The number of carbonyl (C=O) groups is 1. The van der Waals surface area contributed by atoms with Gasteiger partial charge in [0.05, 0.1) is 23.5 Å². The van der Waals surface area contributed by atoms with E-state index in [-0.39, 0.29) is 23.8 Å². The van der Waals surface area contributed by atoms with Crippen LogP contribution in [0.25, 0.3) is 11.3 Å². The molecule has 0 bridgehead atoms. The molecule has 0 radical (unpaired) electrons. The summed E-state index contributed by atoms with van der Waals surface area (Å²) in [5.41, 5.74) is 5.34. The number of fused-ring (bicyclic) bond motifs is 3. The number of hydrogen-bond acceptors (Lipinski definition) is 5. The molecule has 0 saturated heterocycles. The van der Waals surface area contributed by atoms with E-state index >= 15 is 0 Å². The molecule has 1 aliphatic carbocycles. The lowest BCUT2D eigenvalue weighted by atomic mass is 9.91. The molecule has 1 heterocycles. The molecule has 6 heteroatoms. The Hall–Kier alpha value is -3.41. The van der Waals surface area contributed by atoms with Gasteiger partial charge in [0.15, 0.2) is 5.82 Å².